The van der Waals surface area contributed by atoms with Crippen LogP contribution in [0.5, 0.6) is 5.75 Å². The van der Waals surface area contributed by atoms with Gasteiger partial charge in [-0.25, -0.2) is 4.99 Å². The summed E-state index contributed by atoms with van der Waals surface area (Å²) in [6.07, 6.45) is 0.865. The minimum Gasteiger partial charge on any atom is -0.493 e. The van der Waals surface area contributed by atoms with Gasteiger partial charge in [0.05, 0.1) is 19.8 Å². The van der Waals surface area contributed by atoms with Crippen molar-refractivity contribution in [3.8, 4) is 5.75 Å². The van der Waals surface area contributed by atoms with Crippen LogP contribution in [-0.2, 0) is 29.2 Å². The second kappa shape index (κ2) is 15.9. The van der Waals surface area contributed by atoms with Crippen LogP contribution in [0.3, 0.4) is 0 Å². The molecule has 0 saturated heterocycles. The van der Waals surface area contributed by atoms with Gasteiger partial charge in [0.25, 0.3) is 0 Å². The summed E-state index contributed by atoms with van der Waals surface area (Å²) in [7, 11) is 3.41. The van der Waals surface area contributed by atoms with E-state index in [-0.39, 0.29) is 24.0 Å². The van der Waals surface area contributed by atoms with Crippen molar-refractivity contribution in [2.75, 3.05) is 34.0 Å². The molecule has 0 saturated carbocycles. The fraction of sp³-hybridized carbons (Fsp3) is 0.458. The van der Waals surface area contributed by atoms with Crippen LogP contribution in [0, 0.1) is 6.92 Å². The fourth-order valence-corrected chi connectivity index (χ4v) is 3.00. The number of rotatable bonds is 12. The SMILES string of the molecule is CCNC(=NCc1cccc(COC)c1)NCc1ccc(C)cc1OCCCOC.I. The topological polar surface area (TPSA) is 64.1 Å². The highest BCUT2D eigenvalue weighted by molar-refractivity contribution is 14.0. The van der Waals surface area contributed by atoms with Crippen molar-refractivity contribution >= 4 is 29.9 Å². The Balaban J connectivity index is 0.00000480. The van der Waals surface area contributed by atoms with Crippen LogP contribution >= 0.6 is 24.0 Å². The zero-order chi connectivity index (χ0) is 21.6. The van der Waals surface area contributed by atoms with Crippen molar-refractivity contribution in [2.45, 2.75) is 40.0 Å². The molecule has 0 unspecified atom stereocenters. The van der Waals surface area contributed by atoms with E-state index in [0.717, 1.165) is 41.4 Å². The number of methoxy groups -OCH3 is 2. The summed E-state index contributed by atoms with van der Waals surface area (Å²) in [6, 6.07) is 14.6. The zero-order valence-corrected chi connectivity index (χ0v) is 21.4. The maximum atomic E-state index is 5.99. The predicted octanol–water partition coefficient (Wildman–Crippen LogP) is 4.43. The van der Waals surface area contributed by atoms with Gasteiger partial charge < -0.3 is 24.8 Å². The van der Waals surface area contributed by atoms with Gasteiger partial charge in [-0.15, -0.1) is 24.0 Å². The molecule has 0 fully saturated rings. The van der Waals surface area contributed by atoms with Crippen LogP contribution in [0.25, 0.3) is 0 Å². The zero-order valence-electron chi connectivity index (χ0n) is 19.1. The first-order valence-electron chi connectivity index (χ1n) is 10.5. The van der Waals surface area contributed by atoms with E-state index in [9.17, 15) is 0 Å². The van der Waals surface area contributed by atoms with E-state index in [2.05, 4.69) is 60.9 Å². The van der Waals surface area contributed by atoms with E-state index >= 15 is 0 Å². The summed E-state index contributed by atoms with van der Waals surface area (Å²) in [6.45, 7) is 8.10. The number of ether oxygens (including phenoxy) is 3. The van der Waals surface area contributed by atoms with Gasteiger partial charge in [0.15, 0.2) is 5.96 Å². The van der Waals surface area contributed by atoms with Crippen molar-refractivity contribution in [2.24, 2.45) is 4.99 Å². The summed E-state index contributed by atoms with van der Waals surface area (Å²) in [5.74, 6) is 1.68. The Morgan fingerprint density at radius 1 is 0.968 bits per heavy atom. The number of hydrogen-bond donors (Lipinski definition) is 2. The molecule has 6 nitrogen and oxygen atoms in total. The van der Waals surface area contributed by atoms with Gasteiger partial charge in [0.2, 0.25) is 0 Å². The van der Waals surface area contributed by atoms with Crippen LogP contribution in [0.15, 0.2) is 47.5 Å². The van der Waals surface area contributed by atoms with Crippen molar-refractivity contribution in [1.29, 1.82) is 0 Å². The molecule has 2 aromatic rings. The average Bonchev–Trinajstić information content (AvgIpc) is 2.75. The molecule has 172 valence electrons. The number of halogens is 1. The molecule has 2 N–H and O–H groups in total. The highest BCUT2D eigenvalue weighted by Crippen LogP contribution is 2.20. The second-order valence-corrected chi connectivity index (χ2v) is 7.11. The first-order chi connectivity index (χ1) is 14.7. The molecule has 7 heteroatoms. The molecule has 0 aliphatic heterocycles. The Hall–Kier alpha value is -1.84. The van der Waals surface area contributed by atoms with Crippen LogP contribution in [0.4, 0.5) is 0 Å². The van der Waals surface area contributed by atoms with Gasteiger partial charge in [0.1, 0.15) is 5.75 Å². The largest absolute Gasteiger partial charge is 0.493 e. The summed E-state index contributed by atoms with van der Waals surface area (Å²) < 4.78 is 16.3. The molecule has 31 heavy (non-hydrogen) atoms. The number of hydrogen-bond acceptors (Lipinski definition) is 4. The third-order valence-electron chi connectivity index (χ3n) is 4.49. The van der Waals surface area contributed by atoms with E-state index in [1.807, 2.05) is 6.07 Å². The van der Waals surface area contributed by atoms with Crippen LogP contribution in [-0.4, -0.2) is 39.9 Å². The summed E-state index contributed by atoms with van der Waals surface area (Å²) in [5, 5.41) is 6.73. The molecule has 0 radical (unpaired) electrons. The molecule has 0 aliphatic carbocycles. The number of nitrogens with zero attached hydrogens (tertiary/aromatic N) is 1. The Labute approximate surface area is 203 Å². The molecule has 0 aliphatic rings. The smallest absolute Gasteiger partial charge is 0.191 e. The second-order valence-electron chi connectivity index (χ2n) is 7.11. The lowest BCUT2D eigenvalue weighted by Crippen LogP contribution is -2.36. The van der Waals surface area contributed by atoms with E-state index in [1.165, 1.54) is 5.56 Å². The first kappa shape index (κ1) is 27.2. The maximum Gasteiger partial charge on any atom is 0.191 e. The number of benzene rings is 2. The molecule has 2 aromatic carbocycles. The molecule has 0 spiro atoms. The minimum atomic E-state index is 0. The standard InChI is InChI=1S/C24H35N3O3.HI/c1-5-25-24(26-16-20-8-6-9-21(15-20)18-29-4)27-17-22-11-10-19(2)14-23(22)30-13-7-12-28-3;/h6,8-11,14-15H,5,7,12-13,16-18H2,1-4H3,(H2,25,26,27);1H. The van der Waals surface area contributed by atoms with Gasteiger partial charge >= 0.3 is 0 Å². The van der Waals surface area contributed by atoms with E-state index in [1.54, 1.807) is 14.2 Å². The molecular weight excluding hydrogens is 505 g/mol. The van der Waals surface area contributed by atoms with E-state index in [0.29, 0.717) is 32.9 Å². The quantitative estimate of drug-likeness (QED) is 0.180. The summed E-state index contributed by atoms with van der Waals surface area (Å²) in [4.78, 5) is 4.73. The molecule has 2 rings (SSSR count). The average molecular weight is 541 g/mol. The Morgan fingerprint density at radius 3 is 2.52 bits per heavy atom. The predicted molar refractivity (Wildman–Crippen MR) is 137 cm³/mol. The third kappa shape index (κ3) is 10.3. The number of nitrogens with one attached hydrogen (secondary N) is 2. The van der Waals surface area contributed by atoms with E-state index < -0.39 is 0 Å². The lowest BCUT2D eigenvalue weighted by Gasteiger charge is -2.15. The van der Waals surface area contributed by atoms with Crippen LogP contribution < -0.4 is 15.4 Å². The Morgan fingerprint density at radius 2 is 1.77 bits per heavy atom. The Bertz CT molecular complexity index is 799. The van der Waals surface area contributed by atoms with Crippen molar-refractivity contribution < 1.29 is 14.2 Å². The van der Waals surface area contributed by atoms with Crippen molar-refractivity contribution in [3.05, 3.63) is 64.7 Å². The fourth-order valence-electron chi connectivity index (χ4n) is 3.00. The lowest BCUT2D eigenvalue weighted by molar-refractivity contribution is 0.171. The molecule has 0 atom stereocenters. The highest BCUT2D eigenvalue weighted by atomic mass is 127. The molecule has 0 aromatic heterocycles. The normalized spacial score (nSPS) is 11.0. The monoisotopic (exact) mass is 541 g/mol. The minimum absolute atomic E-state index is 0. The van der Waals surface area contributed by atoms with Crippen molar-refractivity contribution in [3.63, 3.8) is 0 Å². The highest BCUT2D eigenvalue weighted by Gasteiger charge is 2.06. The van der Waals surface area contributed by atoms with Gasteiger partial charge in [-0.1, -0.05) is 36.4 Å². The van der Waals surface area contributed by atoms with Gasteiger partial charge in [-0.2, -0.15) is 0 Å². The summed E-state index contributed by atoms with van der Waals surface area (Å²) in [5.41, 5.74) is 4.58. The molecule has 0 bridgehead atoms. The van der Waals surface area contributed by atoms with Crippen molar-refractivity contribution in [1.82, 2.24) is 10.6 Å². The Kier molecular flexibility index (Phi) is 13.9. The van der Waals surface area contributed by atoms with Crippen LogP contribution in [0.2, 0.25) is 0 Å². The molecule has 0 amide bonds. The summed E-state index contributed by atoms with van der Waals surface area (Å²) >= 11 is 0. The maximum absolute atomic E-state index is 5.99. The van der Waals surface area contributed by atoms with Gasteiger partial charge in [0, 0.05) is 45.9 Å². The first-order valence-corrected chi connectivity index (χ1v) is 10.5. The molecular formula is C24H36IN3O3. The number of aryl methyl sites for hydroxylation is 1. The van der Waals surface area contributed by atoms with Crippen LogP contribution in [0.1, 0.15) is 35.6 Å². The third-order valence-corrected chi connectivity index (χ3v) is 4.49. The number of aliphatic imine (C=N–C) groups is 1. The lowest BCUT2D eigenvalue weighted by atomic mass is 10.1. The molecule has 0 heterocycles. The number of guanidine groups is 1. The van der Waals surface area contributed by atoms with E-state index in [4.69, 9.17) is 19.2 Å². The van der Waals surface area contributed by atoms with Gasteiger partial charge in [-0.3, -0.25) is 0 Å². The van der Waals surface area contributed by atoms with Gasteiger partial charge in [-0.05, 0) is 36.6 Å².